The Labute approximate surface area is 74.3 Å². The molecule has 0 fully saturated rings. The zero-order chi connectivity index (χ0) is 9.40. The summed E-state index contributed by atoms with van der Waals surface area (Å²) in [5, 5.41) is 0. The standard InChI is InChI=1S/C10H16O2/c1-4-6-7-8-9(5-2)10(11)12-3/h9H,4-5,8H2,1-3H3. The van der Waals surface area contributed by atoms with Crippen molar-refractivity contribution in [1.82, 2.24) is 0 Å². The minimum atomic E-state index is -0.150. The van der Waals surface area contributed by atoms with E-state index in [4.69, 9.17) is 0 Å². The van der Waals surface area contributed by atoms with Gasteiger partial charge >= 0.3 is 5.97 Å². The van der Waals surface area contributed by atoms with Gasteiger partial charge in [0, 0.05) is 12.8 Å². The van der Waals surface area contributed by atoms with Gasteiger partial charge in [0.2, 0.25) is 0 Å². The Bertz CT molecular complexity index is 186. The van der Waals surface area contributed by atoms with Gasteiger partial charge in [-0.3, -0.25) is 4.79 Å². The molecular formula is C10H16O2. The minimum Gasteiger partial charge on any atom is -0.469 e. The van der Waals surface area contributed by atoms with Crippen LogP contribution < -0.4 is 0 Å². The quantitative estimate of drug-likeness (QED) is 0.476. The highest BCUT2D eigenvalue weighted by atomic mass is 16.5. The zero-order valence-electron chi connectivity index (χ0n) is 8.02. The van der Waals surface area contributed by atoms with Gasteiger partial charge in [0.25, 0.3) is 0 Å². The molecule has 0 aromatic rings. The number of ether oxygens (including phenoxy) is 1. The molecular weight excluding hydrogens is 152 g/mol. The van der Waals surface area contributed by atoms with Crippen LogP contribution in [0.2, 0.25) is 0 Å². The van der Waals surface area contributed by atoms with Gasteiger partial charge in [-0.05, 0) is 6.42 Å². The van der Waals surface area contributed by atoms with Crippen LogP contribution in [0.4, 0.5) is 0 Å². The summed E-state index contributed by atoms with van der Waals surface area (Å²) in [7, 11) is 1.41. The number of esters is 1. The first-order valence-electron chi connectivity index (χ1n) is 4.29. The summed E-state index contributed by atoms with van der Waals surface area (Å²) >= 11 is 0. The molecule has 68 valence electrons. The number of methoxy groups -OCH3 is 1. The summed E-state index contributed by atoms with van der Waals surface area (Å²) < 4.78 is 4.63. The van der Waals surface area contributed by atoms with E-state index >= 15 is 0 Å². The van der Waals surface area contributed by atoms with E-state index in [1.807, 2.05) is 13.8 Å². The van der Waals surface area contributed by atoms with E-state index < -0.39 is 0 Å². The van der Waals surface area contributed by atoms with Crippen molar-refractivity contribution in [2.45, 2.75) is 33.1 Å². The molecule has 0 aromatic carbocycles. The molecule has 0 saturated heterocycles. The normalized spacial score (nSPS) is 11.2. The number of hydrogen-bond acceptors (Lipinski definition) is 2. The number of rotatable bonds is 3. The van der Waals surface area contributed by atoms with Crippen molar-refractivity contribution in [3.05, 3.63) is 0 Å². The largest absolute Gasteiger partial charge is 0.469 e. The van der Waals surface area contributed by atoms with E-state index in [0.29, 0.717) is 6.42 Å². The van der Waals surface area contributed by atoms with Crippen molar-refractivity contribution in [2.75, 3.05) is 7.11 Å². The van der Waals surface area contributed by atoms with Crippen molar-refractivity contribution in [1.29, 1.82) is 0 Å². The van der Waals surface area contributed by atoms with Crippen LogP contribution in [0.5, 0.6) is 0 Å². The Hall–Kier alpha value is -0.970. The number of carbonyl (C=O) groups excluding carboxylic acids is 1. The second-order valence-corrected chi connectivity index (χ2v) is 2.54. The van der Waals surface area contributed by atoms with Crippen molar-refractivity contribution < 1.29 is 9.53 Å². The second-order valence-electron chi connectivity index (χ2n) is 2.54. The fraction of sp³-hybridized carbons (Fsp3) is 0.700. The maximum Gasteiger partial charge on any atom is 0.309 e. The Morgan fingerprint density at radius 2 is 2.08 bits per heavy atom. The molecule has 0 aliphatic carbocycles. The maximum atomic E-state index is 11.0. The molecule has 12 heavy (non-hydrogen) atoms. The van der Waals surface area contributed by atoms with Gasteiger partial charge < -0.3 is 4.74 Å². The smallest absolute Gasteiger partial charge is 0.309 e. The van der Waals surface area contributed by atoms with Gasteiger partial charge in [-0.15, -0.1) is 11.8 Å². The lowest BCUT2D eigenvalue weighted by Crippen LogP contribution is -2.14. The topological polar surface area (TPSA) is 26.3 Å². The Morgan fingerprint density at radius 1 is 1.42 bits per heavy atom. The summed E-state index contributed by atoms with van der Waals surface area (Å²) in [5.74, 6) is 5.69. The van der Waals surface area contributed by atoms with E-state index in [-0.39, 0.29) is 11.9 Å². The first kappa shape index (κ1) is 11.0. The molecule has 0 bridgehead atoms. The van der Waals surface area contributed by atoms with Gasteiger partial charge in [0.05, 0.1) is 13.0 Å². The fourth-order valence-electron chi connectivity index (χ4n) is 0.881. The summed E-state index contributed by atoms with van der Waals surface area (Å²) in [6, 6.07) is 0. The molecule has 0 rings (SSSR count). The van der Waals surface area contributed by atoms with Crippen molar-refractivity contribution in [2.24, 2.45) is 5.92 Å². The molecule has 0 aromatic heterocycles. The maximum absolute atomic E-state index is 11.0. The second kappa shape index (κ2) is 6.72. The summed E-state index contributed by atoms with van der Waals surface area (Å²) in [6.45, 7) is 3.96. The first-order valence-corrected chi connectivity index (χ1v) is 4.29. The van der Waals surface area contributed by atoms with E-state index in [1.54, 1.807) is 0 Å². The first-order chi connectivity index (χ1) is 5.76. The molecule has 0 amide bonds. The predicted octanol–water partition coefficient (Wildman–Crippen LogP) is 1.99. The highest BCUT2D eigenvalue weighted by molar-refractivity contribution is 5.72. The third kappa shape index (κ3) is 4.02. The third-order valence-corrected chi connectivity index (χ3v) is 1.68. The van der Waals surface area contributed by atoms with Gasteiger partial charge in [0.1, 0.15) is 0 Å². The van der Waals surface area contributed by atoms with Crippen LogP contribution in [0.15, 0.2) is 0 Å². The van der Waals surface area contributed by atoms with Crippen LogP contribution >= 0.6 is 0 Å². The van der Waals surface area contributed by atoms with Crippen LogP contribution in [0, 0.1) is 17.8 Å². The van der Waals surface area contributed by atoms with Crippen LogP contribution in [-0.4, -0.2) is 13.1 Å². The lowest BCUT2D eigenvalue weighted by molar-refractivity contribution is -0.145. The van der Waals surface area contributed by atoms with E-state index in [9.17, 15) is 4.79 Å². The van der Waals surface area contributed by atoms with E-state index in [0.717, 1.165) is 12.8 Å². The predicted molar refractivity (Wildman–Crippen MR) is 48.5 cm³/mol. The molecule has 0 aliphatic heterocycles. The molecule has 0 N–H and O–H groups in total. The van der Waals surface area contributed by atoms with Crippen LogP contribution in [0.1, 0.15) is 33.1 Å². The summed E-state index contributed by atoms with van der Waals surface area (Å²) in [6.07, 6.45) is 2.26. The average Bonchev–Trinajstić information content (AvgIpc) is 2.11. The monoisotopic (exact) mass is 168 g/mol. The van der Waals surface area contributed by atoms with Gasteiger partial charge in [0.15, 0.2) is 0 Å². The van der Waals surface area contributed by atoms with E-state index in [1.165, 1.54) is 7.11 Å². The molecule has 0 aliphatic rings. The van der Waals surface area contributed by atoms with Crippen LogP contribution in [-0.2, 0) is 9.53 Å². The van der Waals surface area contributed by atoms with Gasteiger partial charge in [-0.2, -0.15) is 0 Å². The summed E-state index contributed by atoms with van der Waals surface area (Å²) in [5.41, 5.74) is 0. The van der Waals surface area contributed by atoms with E-state index in [2.05, 4.69) is 16.6 Å². The molecule has 1 atom stereocenters. The molecule has 1 unspecified atom stereocenters. The fourth-order valence-corrected chi connectivity index (χ4v) is 0.881. The Morgan fingerprint density at radius 3 is 2.50 bits per heavy atom. The van der Waals surface area contributed by atoms with Crippen molar-refractivity contribution in [3.63, 3.8) is 0 Å². The molecule has 0 radical (unpaired) electrons. The molecule has 0 spiro atoms. The van der Waals surface area contributed by atoms with Gasteiger partial charge in [-0.25, -0.2) is 0 Å². The van der Waals surface area contributed by atoms with Gasteiger partial charge in [-0.1, -0.05) is 13.8 Å². The molecule has 2 nitrogen and oxygen atoms in total. The number of hydrogen-bond donors (Lipinski definition) is 0. The van der Waals surface area contributed by atoms with Crippen LogP contribution in [0.25, 0.3) is 0 Å². The number of carbonyl (C=O) groups is 1. The average molecular weight is 168 g/mol. The lowest BCUT2D eigenvalue weighted by Gasteiger charge is -2.07. The Balaban J connectivity index is 3.91. The molecule has 2 heteroatoms. The molecule has 0 heterocycles. The molecule has 0 saturated carbocycles. The SMILES string of the molecule is CCC#CCC(CC)C(=O)OC. The van der Waals surface area contributed by atoms with Crippen LogP contribution in [0.3, 0.4) is 0 Å². The minimum absolute atomic E-state index is 0.0472. The highest BCUT2D eigenvalue weighted by Crippen LogP contribution is 2.08. The summed E-state index contributed by atoms with van der Waals surface area (Å²) in [4.78, 5) is 11.0. The van der Waals surface area contributed by atoms with Crippen molar-refractivity contribution in [3.8, 4) is 11.8 Å². The third-order valence-electron chi connectivity index (χ3n) is 1.68. The zero-order valence-corrected chi connectivity index (χ0v) is 8.02. The lowest BCUT2D eigenvalue weighted by atomic mass is 10.0. The Kier molecular flexibility index (Phi) is 6.18. The van der Waals surface area contributed by atoms with Crippen molar-refractivity contribution >= 4 is 5.97 Å². The highest BCUT2D eigenvalue weighted by Gasteiger charge is 2.14.